The molecule has 0 unspecified atom stereocenters. The van der Waals surface area contributed by atoms with Crippen LogP contribution in [0.25, 0.3) is 0 Å². The van der Waals surface area contributed by atoms with Crippen LogP contribution in [0.1, 0.15) is 30.3 Å². The van der Waals surface area contributed by atoms with Crippen molar-refractivity contribution in [3.63, 3.8) is 0 Å². The molecule has 0 aromatic carbocycles. The van der Waals surface area contributed by atoms with Crippen LogP contribution in [0, 0.1) is 5.92 Å². The first kappa shape index (κ1) is 16.3. The first-order chi connectivity index (χ1) is 9.82. The van der Waals surface area contributed by atoms with Crippen LogP contribution in [-0.2, 0) is 10.0 Å². The average molecular weight is 335 g/mol. The fraction of sp³-hybridized carbons (Fsp3) is 0.667. The number of rotatable bonds is 5. The third kappa shape index (κ3) is 3.75. The molecule has 9 heteroatoms. The summed E-state index contributed by atoms with van der Waals surface area (Å²) >= 11 is 5.86. The van der Waals surface area contributed by atoms with E-state index in [0.29, 0.717) is 13.1 Å². The molecule has 7 nitrogen and oxygen atoms in total. The Morgan fingerprint density at radius 2 is 2.29 bits per heavy atom. The van der Waals surface area contributed by atoms with Gasteiger partial charge in [-0.25, -0.2) is 8.42 Å². The smallest absolute Gasteiger partial charge is 0.271 e. The van der Waals surface area contributed by atoms with Gasteiger partial charge in [-0.05, 0) is 12.3 Å². The number of amides is 1. The zero-order chi connectivity index (χ0) is 15.6. The maximum absolute atomic E-state index is 12.2. The molecule has 1 aliphatic rings. The molecular weight excluding hydrogens is 316 g/mol. The van der Waals surface area contributed by atoms with E-state index in [1.165, 1.54) is 16.8 Å². The number of aromatic nitrogens is 2. The summed E-state index contributed by atoms with van der Waals surface area (Å²) in [6.07, 6.45) is 4.33. The molecule has 0 saturated carbocycles. The SMILES string of the molecule is CCC[C@H]1CN(S(C)(=O)=O)C[C@@H]1NC(=O)c1[nH]ncc1Cl. The van der Waals surface area contributed by atoms with Gasteiger partial charge in [0.2, 0.25) is 10.0 Å². The van der Waals surface area contributed by atoms with Crippen LogP contribution < -0.4 is 5.32 Å². The normalized spacial score (nSPS) is 23.4. The van der Waals surface area contributed by atoms with E-state index in [1.54, 1.807) is 0 Å². The molecule has 0 aliphatic carbocycles. The number of aromatic amines is 1. The molecule has 1 saturated heterocycles. The van der Waals surface area contributed by atoms with E-state index in [1.807, 2.05) is 6.92 Å². The molecule has 118 valence electrons. The standard InChI is InChI=1S/C12H19ClN4O3S/c1-3-4-8-6-17(21(2,19)20)7-10(8)15-12(18)11-9(13)5-14-16-11/h5,8,10H,3-4,6-7H2,1-2H3,(H,14,16)(H,15,18)/t8-,10-/m0/s1. The number of halogens is 1. The van der Waals surface area contributed by atoms with Gasteiger partial charge in [0.25, 0.3) is 5.91 Å². The molecular formula is C12H19ClN4O3S. The molecule has 21 heavy (non-hydrogen) atoms. The van der Waals surface area contributed by atoms with Crippen molar-refractivity contribution in [2.24, 2.45) is 5.92 Å². The topological polar surface area (TPSA) is 95.2 Å². The molecule has 1 aliphatic heterocycles. The summed E-state index contributed by atoms with van der Waals surface area (Å²) in [4.78, 5) is 12.2. The van der Waals surface area contributed by atoms with Gasteiger partial charge in [-0.3, -0.25) is 9.89 Å². The van der Waals surface area contributed by atoms with E-state index in [-0.39, 0.29) is 28.6 Å². The number of hydrogen-bond donors (Lipinski definition) is 2. The van der Waals surface area contributed by atoms with E-state index in [2.05, 4.69) is 15.5 Å². The van der Waals surface area contributed by atoms with E-state index in [9.17, 15) is 13.2 Å². The summed E-state index contributed by atoms with van der Waals surface area (Å²) in [6.45, 7) is 2.77. The number of nitrogens with one attached hydrogen (secondary N) is 2. The molecule has 2 N–H and O–H groups in total. The van der Waals surface area contributed by atoms with Crippen LogP contribution in [0.4, 0.5) is 0 Å². The van der Waals surface area contributed by atoms with E-state index in [0.717, 1.165) is 12.8 Å². The molecule has 2 atom stereocenters. The Labute approximate surface area is 129 Å². The number of carbonyl (C=O) groups excluding carboxylic acids is 1. The Bertz CT molecular complexity index is 616. The predicted molar refractivity (Wildman–Crippen MR) is 79.7 cm³/mol. The van der Waals surface area contributed by atoms with Crippen LogP contribution >= 0.6 is 11.6 Å². The number of hydrogen-bond acceptors (Lipinski definition) is 4. The maximum atomic E-state index is 12.2. The van der Waals surface area contributed by atoms with Gasteiger partial charge in [-0.15, -0.1) is 0 Å². The van der Waals surface area contributed by atoms with Gasteiger partial charge >= 0.3 is 0 Å². The Morgan fingerprint density at radius 3 is 2.81 bits per heavy atom. The first-order valence-electron chi connectivity index (χ1n) is 6.77. The Hall–Kier alpha value is -1.12. The molecule has 0 bridgehead atoms. The molecule has 2 rings (SSSR count). The lowest BCUT2D eigenvalue weighted by molar-refractivity contribution is 0.0924. The molecule has 0 spiro atoms. The van der Waals surface area contributed by atoms with Crippen molar-refractivity contribution in [3.8, 4) is 0 Å². The summed E-state index contributed by atoms with van der Waals surface area (Å²) in [5, 5.41) is 9.35. The number of nitrogens with zero attached hydrogens (tertiary/aromatic N) is 2. The molecule has 0 radical (unpaired) electrons. The van der Waals surface area contributed by atoms with Crippen LogP contribution in [0.3, 0.4) is 0 Å². The third-order valence-electron chi connectivity index (χ3n) is 3.67. The van der Waals surface area contributed by atoms with E-state index < -0.39 is 10.0 Å². The lowest BCUT2D eigenvalue weighted by atomic mass is 9.98. The van der Waals surface area contributed by atoms with Crippen molar-refractivity contribution in [3.05, 3.63) is 16.9 Å². The highest BCUT2D eigenvalue weighted by Crippen LogP contribution is 2.24. The van der Waals surface area contributed by atoms with Crippen molar-refractivity contribution in [1.29, 1.82) is 0 Å². The second kappa shape index (κ2) is 6.33. The highest BCUT2D eigenvalue weighted by molar-refractivity contribution is 7.88. The predicted octanol–water partition coefficient (Wildman–Crippen LogP) is 0.853. The Kier molecular flexibility index (Phi) is 4.90. The van der Waals surface area contributed by atoms with Crippen molar-refractivity contribution >= 4 is 27.5 Å². The second-order valence-electron chi connectivity index (χ2n) is 5.30. The second-order valence-corrected chi connectivity index (χ2v) is 7.69. The van der Waals surface area contributed by atoms with Gasteiger partial charge in [-0.1, -0.05) is 24.9 Å². The van der Waals surface area contributed by atoms with Crippen molar-refractivity contribution in [1.82, 2.24) is 19.8 Å². The quantitative estimate of drug-likeness (QED) is 0.834. The molecule has 2 heterocycles. The molecule has 1 aromatic heterocycles. The maximum Gasteiger partial charge on any atom is 0.271 e. The van der Waals surface area contributed by atoms with Gasteiger partial charge in [0.05, 0.1) is 17.5 Å². The largest absolute Gasteiger partial charge is 0.346 e. The van der Waals surface area contributed by atoms with E-state index in [4.69, 9.17) is 11.6 Å². The van der Waals surface area contributed by atoms with E-state index >= 15 is 0 Å². The summed E-state index contributed by atoms with van der Waals surface area (Å²) in [7, 11) is -3.25. The van der Waals surface area contributed by atoms with Gasteiger partial charge in [0.15, 0.2) is 0 Å². The molecule has 1 fully saturated rings. The van der Waals surface area contributed by atoms with Crippen molar-refractivity contribution < 1.29 is 13.2 Å². The van der Waals surface area contributed by atoms with Crippen molar-refractivity contribution in [2.45, 2.75) is 25.8 Å². The van der Waals surface area contributed by atoms with Crippen LogP contribution in [-0.4, -0.2) is 54.2 Å². The van der Waals surface area contributed by atoms with Crippen LogP contribution in [0.5, 0.6) is 0 Å². The average Bonchev–Trinajstić information content (AvgIpc) is 2.96. The molecule has 1 amide bonds. The zero-order valence-corrected chi connectivity index (χ0v) is 13.5. The fourth-order valence-electron chi connectivity index (χ4n) is 2.60. The molecule has 1 aromatic rings. The van der Waals surface area contributed by atoms with Crippen LogP contribution in [0.2, 0.25) is 5.02 Å². The number of H-pyrrole nitrogens is 1. The Morgan fingerprint density at radius 1 is 1.57 bits per heavy atom. The summed E-state index contributed by atoms with van der Waals surface area (Å²) in [5.41, 5.74) is 0.199. The minimum absolute atomic E-state index is 0.107. The van der Waals surface area contributed by atoms with Crippen LogP contribution in [0.15, 0.2) is 6.20 Å². The minimum Gasteiger partial charge on any atom is -0.346 e. The Balaban J connectivity index is 2.10. The third-order valence-corrected chi connectivity index (χ3v) is 5.20. The highest BCUT2D eigenvalue weighted by Gasteiger charge is 2.37. The first-order valence-corrected chi connectivity index (χ1v) is 9.00. The minimum atomic E-state index is -3.25. The van der Waals surface area contributed by atoms with Gasteiger partial charge in [0, 0.05) is 19.1 Å². The number of carbonyl (C=O) groups is 1. The van der Waals surface area contributed by atoms with Gasteiger partial charge in [0.1, 0.15) is 5.69 Å². The van der Waals surface area contributed by atoms with Crippen molar-refractivity contribution in [2.75, 3.05) is 19.3 Å². The van der Waals surface area contributed by atoms with Gasteiger partial charge in [-0.2, -0.15) is 9.40 Å². The summed E-state index contributed by atoms with van der Waals surface area (Å²) in [6, 6.07) is -0.216. The van der Waals surface area contributed by atoms with Gasteiger partial charge < -0.3 is 5.32 Å². The summed E-state index contributed by atoms with van der Waals surface area (Å²) < 4.78 is 24.8. The number of sulfonamides is 1. The highest BCUT2D eigenvalue weighted by atomic mass is 35.5. The summed E-state index contributed by atoms with van der Waals surface area (Å²) in [5.74, 6) is -0.255. The zero-order valence-electron chi connectivity index (χ0n) is 12.0. The lowest BCUT2D eigenvalue weighted by Crippen LogP contribution is -2.41. The monoisotopic (exact) mass is 334 g/mol. The fourth-order valence-corrected chi connectivity index (χ4v) is 3.67. The lowest BCUT2D eigenvalue weighted by Gasteiger charge is -2.18.